The summed E-state index contributed by atoms with van der Waals surface area (Å²) in [6.45, 7) is 3.95. The van der Waals surface area contributed by atoms with E-state index in [1.165, 1.54) is 35.9 Å². The Kier molecular flexibility index (Phi) is 25.4. The van der Waals surface area contributed by atoms with Crippen LogP contribution in [0.3, 0.4) is 0 Å². The summed E-state index contributed by atoms with van der Waals surface area (Å²) in [5.41, 5.74) is 12.3. The number of nitrogens with one attached hydrogen (secondary N) is 2. The van der Waals surface area contributed by atoms with E-state index in [0.29, 0.717) is 35.4 Å². The average molecular weight is 1680 g/mol. The molecule has 0 spiro atoms. The first-order valence-electron chi connectivity index (χ1n) is 38.0. The van der Waals surface area contributed by atoms with Crippen molar-refractivity contribution in [1.82, 2.24) is 97.7 Å². The van der Waals surface area contributed by atoms with Gasteiger partial charge < -0.3 is 9.13 Å². The molecule has 7 aromatic carbocycles. The fourth-order valence-electron chi connectivity index (χ4n) is 12.8. The lowest BCUT2D eigenvalue weighted by molar-refractivity contribution is -0.125. The molecule has 12 heterocycles. The van der Waals surface area contributed by atoms with Gasteiger partial charge in [0.05, 0.1) is 75.0 Å². The molecule has 0 atom stereocenters. The van der Waals surface area contributed by atoms with Crippen LogP contribution in [0.25, 0.3) is 65.7 Å². The summed E-state index contributed by atoms with van der Waals surface area (Å²) in [5.74, 6) is 3.53. The number of benzene rings is 7. The lowest BCUT2D eigenvalue weighted by atomic mass is 10.2. The van der Waals surface area contributed by atoms with E-state index in [0.717, 1.165) is 90.9 Å². The zero-order chi connectivity index (χ0) is 81.9. The lowest BCUT2D eigenvalue weighted by Gasteiger charge is -2.19. The Labute approximate surface area is 709 Å². The van der Waals surface area contributed by atoms with Crippen LogP contribution < -0.4 is 11.0 Å². The molecule has 1 aliphatic heterocycles. The molecule has 1 aliphatic rings. The molecule has 0 saturated carbocycles. The van der Waals surface area contributed by atoms with E-state index in [4.69, 9.17) is 9.97 Å². The Hall–Kier alpha value is -14.2. The number of ketones is 1. The van der Waals surface area contributed by atoms with Gasteiger partial charge in [-0.15, -0.1) is 54.4 Å². The van der Waals surface area contributed by atoms with Crippen molar-refractivity contribution < 1.29 is 14.4 Å². The number of guanidine groups is 1. The maximum Gasteiger partial charge on any atom is 0.343 e. The van der Waals surface area contributed by atoms with Crippen LogP contribution in [-0.2, 0) is 49.4 Å². The van der Waals surface area contributed by atoms with Crippen molar-refractivity contribution in [3.8, 4) is 65.7 Å². The highest BCUT2D eigenvalue weighted by Crippen LogP contribution is 2.35. The largest absolute Gasteiger partial charge is 0.343 e. The molecule has 30 heteroatoms. The minimum Gasteiger partial charge on any atom is -0.312 e. The molecule has 2 amide bonds. The van der Waals surface area contributed by atoms with E-state index in [1.54, 1.807) is 98.8 Å². The summed E-state index contributed by atoms with van der Waals surface area (Å²) >= 11 is 8.33. The molecule has 594 valence electrons. The van der Waals surface area contributed by atoms with Crippen LogP contribution in [-0.4, -0.2) is 122 Å². The number of aliphatic imine (C=N–C) groups is 1. The SMILES string of the molecule is Cc1ccc(-n2cc(-c3cccs3)nc2SCc2nncn2Cc2ccccc2)cc1.Cn1c(CC(=O)c2nc(-c3cccs3)cn2-c2ccccc2)n[nH]c1=O.O=C(NC1=NCC(=O)N1Cc1ccccc1)c1nc(-c2ccncc2)cn1-c1ccccc1.c1ccc(Cn2cnnc2CSc2nc(-c3cccs3)cn2-c2ccccc2)cc1. The number of rotatable bonds is 24. The molecule has 0 aliphatic carbocycles. The maximum atomic E-state index is 13.3. The summed E-state index contributed by atoms with van der Waals surface area (Å²) < 4.78 is 13.3. The second-order valence-electron chi connectivity index (χ2n) is 27.2. The van der Waals surface area contributed by atoms with Gasteiger partial charge in [-0.25, -0.2) is 34.8 Å². The molecule has 18 aromatic rings. The van der Waals surface area contributed by atoms with Gasteiger partial charge >= 0.3 is 5.69 Å². The van der Waals surface area contributed by atoms with E-state index >= 15 is 0 Å². The monoisotopic (exact) mass is 1670 g/mol. The first kappa shape index (κ1) is 79.7. The fraction of sp³-hybridized carbons (Fsp3) is 0.100. The smallest absolute Gasteiger partial charge is 0.312 e. The second-order valence-corrected chi connectivity index (χ2v) is 31.9. The van der Waals surface area contributed by atoms with Gasteiger partial charge in [-0.2, -0.15) is 5.10 Å². The van der Waals surface area contributed by atoms with Crippen LogP contribution in [0.1, 0.15) is 61.0 Å². The van der Waals surface area contributed by atoms with Crippen molar-refractivity contribution in [1.29, 1.82) is 0 Å². The Morgan fingerprint density at radius 1 is 0.458 bits per heavy atom. The number of hydrogen-bond acceptors (Lipinski definition) is 20. The molecule has 11 aromatic heterocycles. The van der Waals surface area contributed by atoms with Crippen LogP contribution in [0.4, 0.5) is 0 Å². The minimum absolute atomic E-state index is 0.00214. The summed E-state index contributed by atoms with van der Waals surface area (Å²) in [6, 6.07) is 84.1. The number of imidazole rings is 4. The first-order chi connectivity index (χ1) is 58.9. The molecule has 0 bridgehead atoms. The normalized spacial score (nSPS) is 11.6. The van der Waals surface area contributed by atoms with Crippen molar-refractivity contribution >= 4 is 81.1 Å². The third-order valence-corrected chi connectivity index (χ3v) is 23.6. The van der Waals surface area contributed by atoms with E-state index in [-0.39, 0.29) is 42.1 Å². The van der Waals surface area contributed by atoms with Gasteiger partial charge in [0.25, 0.3) is 11.8 Å². The van der Waals surface area contributed by atoms with Crippen LogP contribution >= 0.6 is 57.5 Å². The predicted octanol–water partition coefficient (Wildman–Crippen LogP) is 16.9. The molecule has 19 rings (SSSR count). The number of carbonyl (C=O) groups is 3. The Morgan fingerprint density at radius 2 is 0.883 bits per heavy atom. The van der Waals surface area contributed by atoms with Crippen molar-refractivity contribution in [3.05, 3.63) is 383 Å². The number of para-hydroxylation sites is 3. The van der Waals surface area contributed by atoms with E-state index in [9.17, 15) is 19.2 Å². The number of aromatic amines is 1. The standard InChI is InChI=1S/C25H20N6O2.C24H21N5S2.C23H19N5S2.C18H15N5O2S/c32-22-15-27-25(31(22)16-18-7-3-1-4-8-18)29-24(33)23-28-21(19-11-13-26-14-12-19)17-30(23)20-9-5-2-6-10-20;1-18-9-11-20(12-10-18)29-15-21(22-8-5-13-30-22)26-24(29)31-16-23-27-25-17-28(23)14-19-6-3-2-4-7-19;1-3-8-18(9-4-1)14-27-17-24-26-22(27)16-30-23-25-20(21-12-7-13-29-21)15-28(23)19-10-5-2-6-11-19;1-22-16(20-21-18(22)25)10-14(24)17-19-13(15-8-5-9-26-15)11-23(17)12-6-3-2-4-7-12/h1-14,17H,15-16H2,(H,27,29,33);2-13,15,17H,14,16H2,1H3;1-13,15,17H,14,16H2;2-9,11H,10H2,1H3,(H,21,25). The molecule has 120 heavy (non-hydrogen) atoms. The number of amides is 2. The predicted molar refractivity (Wildman–Crippen MR) is 471 cm³/mol. The molecular formula is C90H75N21O4S5. The van der Waals surface area contributed by atoms with Gasteiger partial charge in [-0.05, 0) is 119 Å². The molecule has 25 nitrogen and oxygen atoms in total. The van der Waals surface area contributed by atoms with Crippen molar-refractivity contribution in [3.63, 3.8) is 0 Å². The first-order valence-corrected chi connectivity index (χ1v) is 42.6. The molecule has 2 N–H and O–H groups in total. The summed E-state index contributed by atoms with van der Waals surface area (Å²) in [6.07, 6.45) is 14.8. The number of thioether (sulfide) groups is 2. The number of hydrogen-bond donors (Lipinski definition) is 2. The molecule has 0 unspecified atom stereocenters. The van der Waals surface area contributed by atoms with Gasteiger partial charge in [0, 0.05) is 72.5 Å². The number of pyridine rings is 1. The van der Waals surface area contributed by atoms with Gasteiger partial charge in [0.2, 0.25) is 17.6 Å². The van der Waals surface area contributed by atoms with Crippen molar-refractivity contribution in [2.45, 2.75) is 54.8 Å². The number of Topliss-reactive ketones (excluding diaryl/α,β-unsaturated/α-hetero) is 1. The third kappa shape index (κ3) is 19.6. The molecule has 0 radical (unpaired) electrons. The molecule has 0 saturated heterocycles. The number of aromatic nitrogens is 18. The second kappa shape index (κ2) is 38.3. The number of nitrogens with zero attached hydrogens (tertiary/aromatic N) is 19. The number of H-pyrrole nitrogens is 1. The van der Waals surface area contributed by atoms with Gasteiger partial charge in [-0.1, -0.05) is 205 Å². The Morgan fingerprint density at radius 3 is 1.35 bits per heavy atom. The van der Waals surface area contributed by atoms with Gasteiger partial charge in [0.1, 0.15) is 36.7 Å². The summed E-state index contributed by atoms with van der Waals surface area (Å²) in [5, 5.41) is 34.0. The zero-order valence-corrected chi connectivity index (χ0v) is 68.8. The van der Waals surface area contributed by atoms with E-state index in [2.05, 4.69) is 213 Å². The average Bonchev–Trinajstić information content (AvgIpc) is 1.67. The maximum absolute atomic E-state index is 13.3. The summed E-state index contributed by atoms with van der Waals surface area (Å²) in [7, 11) is 1.58. The fourth-order valence-corrected chi connectivity index (χ4v) is 16.7. The van der Waals surface area contributed by atoms with Crippen molar-refractivity contribution in [2.24, 2.45) is 12.0 Å². The van der Waals surface area contributed by atoms with Crippen LogP contribution in [0.5, 0.6) is 0 Å². The molecular weight excluding hydrogens is 1600 g/mol. The topological polar surface area (TPSA) is 275 Å². The number of aryl methyl sites for hydroxylation is 1. The Balaban J connectivity index is 0.000000120. The van der Waals surface area contributed by atoms with E-state index < -0.39 is 5.91 Å². The third-order valence-electron chi connectivity index (χ3n) is 19.0. The zero-order valence-electron chi connectivity index (χ0n) is 64.7. The highest BCUT2D eigenvalue weighted by molar-refractivity contribution is 7.98. The molecule has 0 fully saturated rings. The Bertz CT molecular complexity index is 6470. The highest BCUT2D eigenvalue weighted by atomic mass is 32.2. The summed E-state index contributed by atoms with van der Waals surface area (Å²) in [4.78, 5) is 82.3. The van der Waals surface area contributed by atoms with Crippen molar-refractivity contribution in [2.75, 3.05) is 6.54 Å². The minimum atomic E-state index is -0.453. The van der Waals surface area contributed by atoms with Gasteiger partial charge in [0.15, 0.2) is 16.1 Å². The lowest BCUT2D eigenvalue weighted by Crippen LogP contribution is -2.44. The van der Waals surface area contributed by atoms with Crippen LogP contribution in [0.2, 0.25) is 0 Å². The highest BCUT2D eigenvalue weighted by Gasteiger charge is 2.30. The van der Waals surface area contributed by atoms with Gasteiger partial charge in [-0.3, -0.25) is 52.4 Å². The van der Waals surface area contributed by atoms with E-state index in [1.807, 2.05) is 163 Å². The number of thiophene rings is 3. The quantitative estimate of drug-likeness (QED) is 0.0420. The van der Waals surface area contributed by atoms with Crippen LogP contribution in [0.15, 0.2) is 341 Å². The number of carbonyl (C=O) groups excluding carboxylic acids is 3. The van der Waals surface area contributed by atoms with Crippen LogP contribution in [0, 0.1) is 6.92 Å².